The molecule has 1 saturated carbocycles. The fourth-order valence-corrected chi connectivity index (χ4v) is 12.9. The number of anilines is 1. The van der Waals surface area contributed by atoms with Crippen LogP contribution in [-0.4, -0.2) is 161 Å². The number of carbonyl (C=O) groups excluding carboxylic acids is 10. The number of nitrogens with one attached hydrogen (secondary N) is 5. The number of esters is 1. The van der Waals surface area contributed by atoms with Crippen molar-refractivity contribution in [1.29, 1.82) is 0 Å². The maximum absolute atomic E-state index is 13.8. The Balaban J connectivity index is 0.881. The second-order valence-electron chi connectivity index (χ2n) is 25.4. The summed E-state index contributed by atoms with van der Waals surface area (Å²) in [6.07, 6.45) is 15.0. The van der Waals surface area contributed by atoms with E-state index in [4.69, 9.17) is 29.4 Å². The van der Waals surface area contributed by atoms with E-state index in [9.17, 15) is 53.1 Å². The van der Waals surface area contributed by atoms with Crippen molar-refractivity contribution in [3.05, 3.63) is 65.8 Å². The number of rotatable bonds is 33. The van der Waals surface area contributed by atoms with Gasteiger partial charge in [-0.1, -0.05) is 63.1 Å². The third-order valence-electron chi connectivity index (χ3n) is 17.6. The summed E-state index contributed by atoms with van der Waals surface area (Å²) < 4.78 is 29.1. The molecule has 498 valence electrons. The molecule has 90 heavy (non-hydrogen) atoms. The first kappa shape index (κ1) is 72.6. The highest BCUT2D eigenvalue weighted by molar-refractivity contribution is 8.00. The second-order valence-corrected chi connectivity index (χ2v) is 26.5. The first-order valence-corrected chi connectivity index (χ1v) is 33.3. The lowest BCUT2D eigenvalue weighted by Crippen LogP contribution is -2.50. The molecule has 1 aromatic rings. The number of primary amides is 1. The number of ether oxygens (including phenoxy) is 5. The van der Waals surface area contributed by atoms with Gasteiger partial charge in [0.25, 0.3) is 0 Å². The average molecular weight is 1280 g/mol. The standard InChI is InChI=1S/C66H97N7O16S/c1-39(2)60(72-57(77)14-10-9-11-30-73-59(79)35-56(90-8)63(73)82)53(76)33-47(13-12-29-68-64(67)83)62(81)69-48-24-20-46(21-25-48)37-85-65(84)70-49-22-18-45(19-23-49)32-50(75)34-51-36-66(38-86-66)61(80)55(89-51)27-16-40(3)15-26-54-41(4)31-52(43(6)88-54)71-58(78)28-17-42(5)87-44(7)74/h15-17,20-21,24-25,27-28,39,41-43,45,47,49,51-52,54-56,60-61,80H,9-14,18-19,22-23,26,29-38H2,1-8H3,(H,69,81)(H,70,84)(H,71,78)(H,72,77)(H3,67,68,83)/b27-16+,28-17-,40-15+/t41-,42-,43+,45?,47+,49?,51+,52+,54-,55+,56?,60-,61+,66+/m0/s1. The number of hydrogen-bond donors (Lipinski definition) is 7. The van der Waals surface area contributed by atoms with Crippen LogP contribution >= 0.6 is 11.8 Å². The number of urea groups is 1. The Bertz CT molecular complexity index is 2740. The van der Waals surface area contributed by atoms with E-state index in [1.165, 1.54) is 35.7 Å². The van der Waals surface area contributed by atoms with Crippen LogP contribution in [0.15, 0.2) is 60.2 Å². The predicted octanol–water partition coefficient (Wildman–Crippen LogP) is 6.96. The van der Waals surface area contributed by atoms with Gasteiger partial charge in [0.05, 0.1) is 42.3 Å². The highest BCUT2D eigenvalue weighted by Gasteiger charge is 2.58. The zero-order chi connectivity index (χ0) is 65.7. The zero-order valence-corrected chi connectivity index (χ0v) is 54.4. The molecular formula is C66H97N7O16S. The van der Waals surface area contributed by atoms with E-state index in [1.54, 1.807) is 37.4 Å². The molecule has 5 fully saturated rings. The summed E-state index contributed by atoms with van der Waals surface area (Å²) in [6.45, 7) is 13.5. The van der Waals surface area contributed by atoms with Gasteiger partial charge in [-0.3, -0.25) is 43.3 Å². The van der Waals surface area contributed by atoms with Crippen LogP contribution in [0.2, 0.25) is 0 Å². The fraction of sp³-hybridized carbons (Fsp3) is 0.667. The number of nitrogens with zero attached hydrogens (tertiary/aromatic N) is 1. The number of nitrogens with two attached hydrogens (primary N) is 1. The van der Waals surface area contributed by atoms with E-state index in [0.717, 1.165) is 24.8 Å². The summed E-state index contributed by atoms with van der Waals surface area (Å²) >= 11 is 1.36. The van der Waals surface area contributed by atoms with E-state index in [1.807, 2.05) is 39.8 Å². The molecule has 23 nitrogen and oxygen atoms in total. The minimum absolute atomic E-state index is 0.0307. The van der Waals surface area contributed by atoms with Crippen LogP contribution in [0.1, 0.15) is 163 Å². The number of Topliss-reactive ketones (excluding diaryl/α,β-unsaturated/α-hetero) is 2. The van der Waals surface area contributed by atoms with Gasteiger partial charge in [-0.05, 0) is 133 Å². The molecule has 8 amide bonds. The van der Waals surface area contributed by atoms with Gasteiger partial charge in [-0.25, -0.2) is 9.59 Å². The monoisotopic (exact) mass is 1280 g/mol. The highest BCUT2D eigenvalue weighted by Crippen LogP contribution is 2.44. The first-order valence-electron chi connectivity index (χ1n) is 32.0. The van der Waals surface area contributed by atoms with Crippen molar-refractivity contribution in [2.45, 2.75) is 230 Å². The molecular weight excluding hydrogens is 1180 g/mol. The number of unbranched alkanes of at least 4 members (excludes halogenated alkanes) is 2. The molecule has 0 radical (unpaired) electrons. The maximum atomic E-state index is 13.8. The Labute approximate surface area is 533 Å². The lowest BCUT2D eigenvalue weighted by atomic mass is 9.81. The van der Waals surface area contributed by atoms with Crippen LogP contribution in [0.4, 0.5) is 15.3 Å². The van der Waals surface area contributed by atoms with Crippen molar-refractivity contribution in [3.8, 4) is 0 Å². The Hall–Kier alpha value is -6.47. The highest BCUT2D eigenvalue weighted by atomic mass is 32.2. The summed E-state index contributed by atoms with van der Waals surface area (Å²) in [5, 5.41) is 25.1. The van der Waals surface area contributed by atoms with E-state index < -0.39 is 66.0 Å². The number of ketones is 2. The van der Waals surface area contributed by atoms with Crippen LogP contribution in [0, 0.1) is 23.7 Å². The van der Waals surface area contributed by atoms with Gasteiger partial charge in [0, 0.05) is 82.3 Å². The lowest BCUT2D eigenvalue weighted by molar-refractivity contribution is -0.145. The number of aliphatic hydroxyl groups excluding tert-OH is 1. The normalized spacial score (nSPS) is 27.0. The largest absolute Gasteiger partial charge is 0.459 e. The first-order chi connectivity index (χ1) is 42.8. The van der Waals surface area contributed by atoms with Crippen molar-refractivity contribution >= 4 is 76.6 Å². The molecule has 0 aromatic heterocycles. The Morgan fingerprint density at radius 3 is 2.30 bits per heavy atom. The summed E-state index contributed by atoms with van der Waals surface area (Å²) in [7, 11) is 0. The van der Waals surface area contributed by atoms with Crippen LogP contribution in [0.3, 0.4) is 0 Å². The molecule has 5 aliphatic rings. The number of imide groups is 1. The number of carbonyl (C=O) groups is 10. The van der Waals surface area contributed by atoms with Crippen molar-refractivity contribution in [3.63, 3.8) is 0 Å². The number of benzene rings is 1. The molecule has 12 atom stereocenters. The van der Waals surface area contributed by atoms with Gasteiger partial charge in [0.15, 0.2) is 5.78 Å². The Kier molecular flexibility index (Phi) is 28.5. The van der Waals surface area contributed by atoms with E-state index >= 15 is 0 Å². The zero-order valence-electron chi connectivity index (χ0n) is 53.6. The number of likely N-dealkylation sites (tertiary alicyclic amines) is 1. The van der Waals surface area contributed by atoms with E-state index in [0.29, 0.717) is 82.2 Å². The van der Waals surface area contributed by atoms with Crippen LogP contribution in [0.5, 0.6) is 0 Å². The molecule has 1 unspecified atom stereocenters. The molecule has 4 heterocycles. The number of alkyl carbamates (subject to hydrolysis) is 1. The van der Waals surface area contributed by atoms with E-state index in [-0.39, 0.29) is 128 Å². The summed E-state index contributed by atoms with van der Waals surface area (Å²) in [5.74, 6) is -2.79. The SMILES string of the molecule is CSC1CC(=O)N(CCCCCC(=O)N[C@H](C(=O)C[C@@H](CCCNC(N)=O)C(=O)Nc2ccc(COC(=O)NC3CCC(CC(=O)C[C@@H]4C[C@@]5(CO5)[C@H](O)[C@@H](/C=C/C(C)=C/C[C@@H]5O[C@H](C)[C@H](NC(=O)/C=C\[C@H](C)OC(C)=O)C[C@@H]5C)O4)CC3)cc2)C(C)C)C1=O. The van der Waals surface area contributed by atoms with Crippen molar-refractivity contribution < 1.29 is 76.7 Å². The number of epoxide rings is 1. The van der Waals surface area contributed by atoms with Crippen LogP contribution < -0.4 is 32.3 Å². The van der Waals surface area contributed by atoms with Gasteiger partial charge in [-0.2, -0.15) is 11.8 Å². The molecule has 1 aromatic carbocycles. The number of aliphatic hydroxyl groups is 1. The quantitative estimate of drug-likeness (QED) is 0.00933. The smallest absolute Gasteiger partial charge is 0.407 e. The fourth-order valence-electron chi connectivity index (χ4n) is 12.3. The molecule has 0 bridgehead atoms. The number of allylic oxidation sites excluding steroid dienone is 2. The molecule has 6 rings (SSSR count). The number of thioether (sulfide) groups is 1. The Morgan fingerprint density at radius 1 is 0.922 bits per heavy atom. The molecule has 8 N–H and O–H groups in total. The Morgan fingerprint density at radius 2 is 1.64 bits per heavy atom. The molecule has 24 heteroatoms. The predicted molar refractivity (Wildman–Crippen MR) is 338 cm³/mol. The van der Waals surface area contributed by atoms with Gasteiger partial charge in [0.1, 0.15) is 36.3 Å². The minimum Gasteiger partial charge on any atom is -0.459 e. The molecule has 4 aliphatic heterocycles. The van der Waals surface area contributed by atoms with Crippen molar-refractivity contribution in [1.82, 2.24) is 26.2 Å². The van der Waals surface area contributed by atoms with Crippen LogP contribution in [0.25, 0.3) is 0 Å². The molecule has 1 aliphatic carbocycles. The minimum atomic E-state index is -0.882. The van der Waals surface area contributed by atoms with Crippen molar-refractivity contribution in [2.24, 2.45) is 29.4 Å². The third-order valence-corrected chi connectivity index (χ3v) is 18.5. The summed E-state index contributed by atoms with van der Waals surface area (Å²) in [6, 6.07) is 4.90. The average Bonchev–Trinajstić information content (AvgIpc) is 1.60. The van der Waals surface area contributed by atoms with Gasteiger partial charge < -0.3 is 61.1 Å². The van der Waals surface area contributed by atoms with Gasteiger partial charge >= 0.3 is 18.1 Å². The maximum Gasteiger partial charge on any atom is 0.407 e. The number of amides is 8. The third kappa shape index (κ3) is 23.3. The van der Waals surface area contributed by atoms with Crippen molar-refractivity contribution in [2.75, 3.05) is 31.3 Å². The van der Waals surface area contributed by atoms with Gasteiger partial charge in [-0.15, -0.1) is 0 Å². The second kappa shape index (κ2) is 35.4. The summed E-state index contributed by atoms with van der Waals surface area (Å²) in [5.41, 5.74) is 6.58. The number of hydrogen-bond acceptors (Lipinski definition) is 17. The molecule has 4 saturated heterocycles. The molecule has 1 spiro atoms. The topological polar surface area (TPSA) is 330 Å². The lowest BCUT2D eigenvalue weighted by Gasteiger charge is -2.39. The van der Waals surface area contributed by atoms with E-state index in [2.05, 4.69) is 39.6 Å². The van der Waals surface area contributed by atoms with Gasteiger partial charge in [0.2, 0.25) is 29.5 Å². The van der Waals surface area contributed by atoms with Crippen LogP contribution in [-0.2, 0) is 68.6 Å². The summed E-state index contributed by atoms with van der Waals surface area (Å²) in [4.78, 5) is 128.